The summed E-state index contributed by atoms with van der Waals surface area (Å²) >= 11 is 6.19. The first-order valence-corrected chi connectivity index (χ1v) is 14.7. The van der Waals surface area contributed by atoms with Crippen LogP contribution in [0.3, 0.4) is 0 Å². The molecule has 2 atom stereocenters. The van der Waals surface area contributed by atoms with Crippen LogP contribution in [0.25, 0.3) is 5.69 Å². The summed E-state index contributed by atoms with van der Waals surface area (Å²) < 4.78 is 30.3. The first-order valence-electron chi connectivity index (χ1n) is 12.8. The lowest BCUT2D eigenvalue weighted by Crippen LogP contribution is -2.53. The molecule has 1 aromatic heterocycles. The number of nitrogens with one attached hydrogen (secondary N) is 2. The number of carbonyl (C=O) groups excluding carboxylic acids is 2. The van der Waals surface area contributed by atoms with E-state index in [4.69, 9.17) is 16.9 Å². The molecule has 11 nitrogen and oxygen atoms in total. The minimum absolute atomic E-state index is 0.00512. The van der Waals surface area contributed by atoms with Crippen molar-refractivity contribution >= 4 is 33.4 Å². The summed E-state index contributed by atoms with van der Waals surface area (Å²) in [6.45, 7) is 4.27. The minimum atomic E-state index is -4.05. The molecule has 0 aliphatic carbocycles. The van der Waals surface area contributed by atoms with Crippen LogP contribution in [-0.4, -0.2) is 58.5 Å². The molecular formula is C27H30ClN7O4S. The number of amides is 2. The summed E-state index contributed by atoms with van der Waals surface area (Å²) in [5.41, 5.74) is 1.75. The van der Waals surface area contributed by atoms with Crippen molar-refractivity contribution in [2.24, 2.45) is 5.92 Å². The van der Waals surface area contributed by atoms with Crippen LogP contribution in [0.15, 0.2) is 60.0 Å². The van der Waals surface area contributed by atoms with Crippen LogP contribution in [-0.2, 0) is 26.2 Å². The number of halogens is 1. The zero-order chi connectivity index (χ0) is 28.9. The number of likely N-dealkylation sites (tertiary alicyclic amines) is 1. The van der Waals surface area contributed by atoms with E-state index in [2.05, 4.69) is 20.1 Å². The zero-order valence-corrected chi connectivity index (χ0v) is 23.7. The molecule has 0 radical (unpaired) electrons. The maximum atomic E-state index is 13.7. The first-order chi connectivity index (χ1) is 19.1. The van der Waals surface area contributed by atoms with Crippen LogP contribution in [0, 0.1) is 17.2 Å². The number of carbonyl (C=O) groups is 2. The molecule has 13 heteroatoms. The van der Waals surface area contributed by atoms with Gasteiger partial charge in [0.2, 0.25) is 21.8 Å². The third kappa shape index (κ3) is 6.85. The van der Waals surface area contributed by atoms with E-state index in [0.717, 1.165) is 5.56 Å². The molecule has 2 amide bonds. The normalized spacial score (nSPS) is 16.1. The average molecular weight is 584 g/mol. The van der Waals surface area contributed by atoms with Crippen molar-refractivity contribution in [1.82, 2.24) is 29.7 Å². The van der Waals surface area contributed by atoms with Gasteiger partial charge in [-0.25, -0.2) is 18.1 Å². The highest BCUT2D eigenvalue weighted by atomic mass is 35.5. The molecule has 4 rings (SSSR count). The van der Waals surface area contributed by atoms with Crippen LogP contribution in [0.2, 0.25) is 5.02 Å². The number of hydrogen-bond donors (Lipinski definition) is 2. The molecule has 2 heterocycles. The van der Waals surface area contributed by atoms with Crippen molar-refractivity contribution < 1.29 is 18.0 Å². The Morgan fingerprint density at radius 1 is 1.20 bits per heavy atom. The van der Waals surface area contributed by atoms with Crippen molar-refractivity contribution in [2.45, 2.75) is 56.6 Å². The Bertz CT molecular complexity index is 1500. The van der Waals surface area contributed by atoms with Gasteiger partial charge in [0, 0.05) is 18.1 Å². The molecule has 210 valence electrons. The number of benzene rings is 2. The Kier molecular flexibility index (Phi) is 9.19. The minimum Gasteiger partial charge on any atom is -0.350 e. The molecule has 0 spiro atoms. The van der Waals surface area contributed by atoms with Gasteiger partial charge in [0.15, 0.2) is 0 Å². The molecule has 2 aromatic carbocycles. The molecule has 1 saturated heterocycles. The average Bonchev–Trinajstić information content (AvgIpc) is 3.63. The molecule has 2 N–H and O–H groups in total. The summed E-state index contributed by atoms with van der Waals surface area (Å²) in [6, 6.07) is 10.8. The quantitative estimate of drug-likeness (QED) is 0.372. The third-order valence-electron chi connectivity index (χ3n) is 6.60. The van der Waals surface area contributed by atoms with E-state index >= 15 is 0 Å². The van der Waals surface area contributed by atoms with Crippen LogP contribution < -0.4 is 10.0 Å². The first kappa shape index (κ1) is 29.2. The Hall–Kier alpha value is -3.79. The Labute approximate surface area is 238 Å². The lowest BCUT2D eigenvalue weighted by atomic mass is 10.0. The number of nitrogens with zero attached hydrogens (tertiary/aromatic N) is 5. The highest BCUT2D eigenvalue weighted by Gasteiger charge is 2.38. The fraction of sp³-hybridized carbons (Fsp3) is 0.370. The molecule has 1 aliphatic rings. The fourth-order valence-corrected chi connectivity index (χ4v) is 6.09. The number of hydrogen-bond acceptors (Lipinski definition) is 7. The third-order valence-corrected chi connectivity index (χ3v) is 8.32. The maximum Gasteiger partial charge on any atom is 0.243 e. The van der Waals surface area contributed by atoms with Gasteiger partial charge in [-0.1, -0.05) is 25.4 Å². The summed E-state index contributed by atoms with van der Waals surface area (Å²) in [4.78, 5) is 32.3. The van der Waals surface area contributed by atoms with Gasteiger partial charge in [-0.05, 0) is 73.2 Å². The highest BCUT2D eigenvalue weighted by Crippen LogP contribution is 2.23. The smallest absolute Gasteiger partial charge is 0.243 e. The van der Waals surface area contributed by atoms with Crippen LogP contribution in [0.5, 0.6) is 0 Å². The Balaban J connectivity index is 1.49. The molecule has 0 unspecified atom stereocenters. The predicted molar refractivity (Wildman–Crippen MR) is 148 cm³/mol. The molecule has 1 aliphatic heterocycles. The second-order valence-electron chi connectivity index (χ2n) is 9.96. The van der Waals surface area contributed by atoms with Gasteiger partial charge < -0.3 is 10.2 Å². The second-order valence-corrected chi connectivity index (χ2v) is 12.1. The summed E-state index contributed by atoms with van der Waals surface area (Å²) in [6.07, 6.45) is 4.27. The SMILES string of the molecule is CC(C)C[C@H](NS(=O)(=O)c1ccc(C#N)cc1)C(=O)N1CCC[C@H]1C(=O)NCc1cc(Cl)ccc1-n1cncn1. The van der Waals surface area contributed by atoms with E-state index in [0.29, 0.717) is 35.7 Å². The van der Waals surface area contributed by atoms with Gasteiger partial charge in [-0.2, -0.15) is 15.1 Å². The van der Waals surface area contributed by atoms with Crippen molar-refractivity contribution in [2.75, 3.05) is 6.54 Å². The molecule has 0 saturated carbocycles. The Morgan fingerprint density at radius 2 is 1.95 bits per heavy atom. The van der Waals surface area contributed by atoms with E-state index in [1.54, 1.807) is 29.2 Å². The maximum absolute atomic E-state index is 13.7. The number of nitriles is 1. The topological polar surface area (TPSA) is 150 Å². The van der Waals surface area contributed by atoms with Crippen molar-refractivity contribution in [3.8, 4) is 11.8 Å². The van der Waals surface area contributed by atoms with Gasteiger partial charge in [0.1, 0.15) is 24.7 Å². The lowest BCUT2D eigenvalue weighted by molar-refractivity contribution is -0.140. The van der Waals surface area contributed by atoms with Gasteiger partial charge in [-0.15, -0.1) is 0 Å². The zero-order valence-electron chi connectivity index (χ0n) is 22.1. The molecule has 0 bridgehead atoms. The Morgan fingerprint density at radius 3 is 2.60 bits per heavy atom. The molecular weight excluding hydrogens is 554 g/mol. The number of aromatic nitrogens is 3. The molecule has 1 fully saturated rings. The molecule has 40 heavy (non-hydrogen) atoms. The van der Waals surface area contributed by atoms with Crippen LogP contribution in [0.4, 0.5) is 0 Å². The van der Waals surface area contributed by atoms with Gasteiger partial charge in [0.05, 0.1) is 22.2 Å². The van der Waals surface area contributed by atoms with Gasteiger partial charge in [0.25, 0.3) is 0 Å². The predicted octanol–water partition coefficient (Wildman–Crippen LogP) is 2.79. The summed E-state index contributed by atoms with van der Waals surface area (Å²) in [5, 5.41) is 16.5. The monoisotopic (exact) mass is 583 g/mol. The van der Waals surface area contributed by atoms with Crippen LogP contribution >= 0.6 is 11.6 Å². The summed E-state index contributed by atoms with van der Waals surface area (Å²) in [7, 11) is -4.05. The number of sulfonamides is 1. The largest absolute Gasteiger partial charge is 0.350 e. The highest BCUT2D eigenvalue weighted by molar-refractivity contribution is 7.89. The van der Waals surface area contributed by atoms with Crippen LogP contribution in [0.1, 0.15) is 44.2 Å². The van der Waals surface area contributed by atoms with E-state index in [1.807, 2.05) is 19.9 Å². The van der Waals surface area contributed by atoms with E-state index < -0.39 is 28.0 Å². The van der Waals surface area contributed by atoms with Crippen molar-refractivity contribution in [3.05, 3.63) is 71.3 Å². The van der Waals surface area contributed by atoms with E-state index in [9.17, 15) is 18.0 Å². The standard InChI is InChI=1S/C27H30ClN7O4S/c1-18(2)12-23(33-40(38,39)22-8-5-19(14-29)6-9-22)27(37)34-11-3-4-25(34)26(36)31-15-20-13-21(28)7-10-24(20)35-17-30-16-32-35/h5-10,13,16-18,23,25,33H,3-4,11-12,15H2,1-2H3,(H,31,36)/t23-,25-/m0/s1. The molecule has 3 aromatic rings. The van der Waals surface area contributed by atoms with E-state index in [1.165, 1.54) is 35.5 Å². The van der Waals surface area contributed by atoms with Gasteiger partial charge >= 0.3 is 0 Å². The van der Waals surface area contributed by atoms with Crippen molar-refractivity contribution in [1.29, 1.82) is 5.26 Å². The second kappa shape index (κ2) is 12.6. The van der Waals surface area contributed by atoms with Crippen molar-refractivity contribution in [3.63, 3.8) is 0 Å². The fourth-order valence-electron chi connectivity index (χ4n) is 4.69. The lowest BCUT2D eigenvalue weighted by Gasteiger charge is -2.29. The van der Waals surface area contributed by atoms with E-state index in [-0.39, 0.29) is 29.7 Å². The number of rotatable bonds is 10. The summed E-state index contributed by atoms with van der Waals surface area (Å²) in [5.74, 6) is -0.784. The van der Waals surface area contributed by atoms with Gasteiger partial charge in [-0.3, -0.25) is 9.59 Å².